The van der Waals surface area contributed by atoms with Gasteiger partial charge in [-0.15, -0.1) is 0 Å². The summed E-state index contributed by atoms with van der Waals surface area (Å²) in [6.45, 7) is 20.0. The third-order valence-corrected chi connectivity index (χ3v) is 12.4. The van der Waals surface area contributed by atoms with Crippen molar-refractivity contribution < 1.29 is 4.43 Å². The number of rotatable bonds is 7. The van der Waals surface area contributed by atoms with Crippen LogP contribution in [0, 0.1) is 52.3 Å². The number of hydrogen-bond donors (Lipinski definition) is 0. The fourth-order valence-corrected chi connectivity index (χ4v) is 11.1. The highest BCUT2D eigenvalue weighted by Crippen LogP contribution is 2.68. The van der Waals surface area contributed by atoms with Gasteiger partial charge in [-0.2, -0.15) is 0 Å². The minimum Gasteiger partial charge on any atom is -0.415 e. The molecule has 32 heavy (non-hydrogen) atoms. The van der Waals surface area contributed by atoms with Crippen LogP contribution in [0.5, 0.6) is 0 Å². The maximum Gasteiger partial charge on any atom is 0.184 e. The van der Waals surface area contributed by atoms with Gasteiger partial charge in [0.2, 0.25) is 0 Å². The summed E-state index contributed by atoms with van der Waals surface area (Å²) >= 11 is 0. The lowest BCUT2D eigenvalue weighted by Gasteiger charge is -2.61. The van der Waals surface area contributed by atoms with Crippen LogP contribution in [0.3, 0.4) is 0 Å². The van der Waals surface area contributed by atoms with Crippen molar-refractivity contribution in [1.29, 1.82) is 0 Å². The molecular formula is C30H56OSi. The van der Waals surface area contributed by atoms with Gasteiger partial charge in [0, 0.05) is 6.10 Å². The Labute approximate surface area is 202 Å². The molecule has 0 aromatic heterocycles. The molecule has 0 aromatic rings. The van der Waals surface area contributed by atoms with Gasteiger partial charge in [-0.1, -0.05) is 53.9 Å². The molecule has 9 atom stereocenters. The Morgan fingerprint density at radius 1 is 0.812 bits per heavy atom. The van der Waals surface area contributed by atoms with Gasteiger partial charge >= 0.3 is 0 Å². The average molecular weight is 461 g/mol. The third-order valence-electron chi connectivity index (χ3n) is 11.3. The van der Waals surface area contributed by atoms with E-state index in [2.05, 4.69) is 54.3 Å². The zero-order valence-corrected chi connectivity index (χ0v) is 24.0. The highest BCUT2D eigenvalue weighted by molar-refractivity contribution is 6.69. The first-order valence-electron chi connectivity index (χ1n) is 14.6. The van der Waals surface area contributed by atoms with Crippen molar-refractivity contribution in [3.05, 3.63) is 0 Å². The van der Waals surface area contributed by atoms with E-state index in [1.807, 2.05) is 0 Å². The summed E-state index contributed by atoms with van der Waals surface area (Å²) in [4.78, 5) is 0. The Morgan fingerprint density at radius 3 is 2.19 bits per heavy atom. The molecule has 0 radical (unpaired) electrons. The minimum atomic E-state index is -1.42. The lowest BCUT2D eigenvalue weighted by Crippen LogP contribution is -2.54. The van der Waals surface area contributed by atoms with Crippen molar-refractivity contribution >= 4 is 8.32 Å². The molecule has 4 aliphatic rings. The van der Waals surface area contributed by atoms with E-state index < -0.39 is 8.32 Å². The molecular weight excluding hydrogens is 404 g/mol. The summed E-state index contributed by atoms with van der Waals surface area (Å²) in [5.41, 5.74) is 1.24. The van der Waals surface area contributed by atoms with Gasteiger partial charge in [-0.3, -0.25) is 0 Å². The molecule has 0 heterocycles. The summed E-state index contributed by atoms with van der Waals surface area (Å²) in [5.74, 6) is 6.77. The standard InChI is InChI=1S/C30H56OSi/c1-21(2)10-9-11-22(3)26-14-15-27-25-13-12-23-20-24(31-32(6,7)8)16-18-29(23,4)28(25)17-19-30(26,27)5/h21-28H,9-20H2,1-8H3/t22?,23?,24-,25?,26?,27?,28?,29-,30+/m0/s1. The van der Waals surface area contributed by atoms with Crippen molar-refractivity contribution in [2.45, 2.75) is 137 Å². The molecule has 0 N–H and O–H groups in total. The quantitative estimate of drug-likeness (QED) is 0.344. The second-order valence-electron chi connectivity index (χ2n) is 14.8. The first kappa shape index (κ1) is 25.3. The van der Waals surface area contributed by atoms with Crippen molar-refractivity contribution in [3.63, 3.8) is 0 Å². The number of fused-ring (bicyclic) bond motifs is 5. The molecule has 0 amide bonds. The lowest BCUT2D eigenvalue weighted by molar-refractivity contribution is -0.127. The van der Waals surface area contributed by atoms with Gasteiger partial charge < -0.3 is 4.43 Å². The Hall–Kier alpha value is 0.177. The van der Waals surface area contributed by atoms with Crippen molar-refractivity contribution in [2.24, 2.45) is 52.3 Å². The topological polar surface area (TPSA) is 9.23 Å². The van der Waals surface area contributed by atoms with Crippen LogP contribution in [0.15, 0.2) is 0 Å². The van der Waals surface area contributed by atoms with Gasteiger partial charge in [-0.05, 0) is 130 Å². The van der Waals surface area contributed by atoms with E-state index in [4.69, 9.17) is 4.43 Å². The van der Waals surface area contributed by atoms with Crippen molar-refractivity contribution in [1.82, 2.24) is 0 Å². The van der Waals surface area contributed by atoms with E-state index in [-0.39, 0.29) is 0 Å². The molecule has 0 bridgehead atoms. The average Bonchev–Trinajstić information content (AvgIpc) is 3.04. The van der Waals surface area contributed by atoms with Gasteiger partial charge in [0.15, 0.2) is 8.32 Å². The second-order valence-corrected chi connectivity index (χ2v) is 19.3. The maximum atomic E-state index is 6.62. The van der Waals surface area contributed by atoms with Crippen LogP contribution in [-0.4, -0.2) is 14.4 Å². The van der Waals surface area contributed by atoms with Crippen LogP contribution in [0.1, 0.15) is 112 Å². The largest absolute Gasteiger partial charge is 0.415 e. The molecule has 2 heteroatoms. The van der Waals surface area contributed by atoms with Crippen LogP contribution in [-0.2, 0) is 4.43 Å². The minimum absolute atomic E-state index is 0.563. The second kappa shape index (κ2) is 9.33. The van der Waals surface area contributed by atoms with Crippen LogP contribution in [0.2, 0.25) is 19.6 Å². The van der Waals surface area contributed by atoms with Crippen LogP contribution in [0.4, 0.5) is 0 Å². The molecule has 186 valence electrons. The van der Waals surface area contributed by atoms with Crippen LogP contribution in [0.25, 0.3) is 0 Å². The van der Waals surface area contributed by atoms with Gasteiger partial charge in [0.1, 0.15) is 0 Å². The van der Waals surface area contributed by atoms with Crippen molar-refractivity contribution in [3.8, 4) is 0 Å². The highest BCUT2D eigenvalue weighted by Gasteiger charge is 2.60. The van der Waals surface area contributed by atoms with E-state index in [1.54, 1.807) is 6.42 Å². The Kier molecular flexibility index (Phi) is 7.37. The zero-order chi connectivity index (χ0) is 23.3. The first-order valence-corrected chi connectivity index (χ1v) is 18.0. The van der Waals surface area contributed by atoms with E-state index in [9.17, 15) is 0 Å². The Balaban J connectivity index is 1.42. The van der Waals surface area contributed by atoms with E-state index in [0.29, 0.717) is 16.9 Å². The molecule has 4 rings (SSSR count). The van der Waals surface area contributed by atoms with E-state index in [0.717, 1.165) is 41.4 Å². The summed E-state index contributed by atoms with van der Waals surface area (Å²) in [6, 6.07) is 0. The molecule has 6 unspecified atom stereocenters. The Bertz CT molecular complexity index is 637. The SMILES string of the molecule is CC(C)CCCC(C)C1CCC2C3CCC4C[C@@H](O[Si](C)(C)C)CC[C@]4(C)C3CC[C@]12C. The molecule has 4 fully saturated rings. The maximum absolute atomic E-state index is 6.62. The Morgan fingerprint density at radius 2 is 1.50 bits per heavy atom. The summed E-state index contributed by atoms with van der Waals surface area (Å²) in [7, 11) is -1.42. The third kappa shape index (κ3) is 4.80. The van der Waals surface area contributed by atoms with Crippen LogP contribution >= 0.6 is 0 Å². The fraction of sp³-hybridized carbons (Fsp3) is 1.00. The fourth-order valence-electron chi connectivity index (χ4n) is 9.85. The van der Waals surface area contributed by atoms with E-state index in [1.165, 1.54) is 70.6 Å². The molecule has 4 saturated carbocycles. The molecule has 4 aliphatic carbocycles. The molecule has 0 saturated heterocycles. The van der Waals surface area contributed by atoms with Gasteiger partial charge in [-0.25, -0.2) is 0 Å². The molecule has 0 aromatic carbocycles. The summed E-state index contributed by atoms with van der Waals surface area (Å²) < 4.78 is 6.62. The zero-order valence-electron chi connectivity index (χ0n) is 23.0. The summed E-state index contributed by atoms with van der Waals surface area (Å²) in [6.07, 6.45) is 18.2. The first-order chi connectivity index (χ1) is 14.9. The number of hydrogen-bond acceptors (Lipinski definition) is 1. The summed E-state index contributed by atoms with van der Waals surface area (Å²) in [5, 5.41) is 0. The normalized spacial score (nSPS) is 45.3. The van der Waals surface area contributed by atoms with Crippen molar-refractivity contribution in [2.75, 3.05) is 0 Å². The highest BCUT2D eigenvalue weighted by atomic mass is 28.4. The molecule has 1 nitrogen and oxygen atoms in total. The lowest BCUT2D eigenvalue weighted by atomic mass is 9.44. The van der Waals surface area contributed by atoms with E-state index >= 15 is 0 Å². The van der Waals surface area contributed by atoms with Gasteiger partial charge in [0.25, 0.3) is 0 Å². The molecule has 0 aliphatic heterocycles. The molecule has 0 spiro atoms. The van der Waals surface area contributed by atoms with Crippen LogP contribution < -0.4 is 0 Å². The predicted octanol–water partition coefficient (Wildman–Crippen LogP) is 9.33. The smallest absolute Gasteiger partial charge is 0.184 e. The van der Waals surface area contributed by atoms with Gasteiger partial charge in [0.05, 0.1) is 0 Å². The monoisotopic (exact) mass is 460 g/mol. The predicted molar refractivity (Wildman–Crippen MR) is 141 cm³/mol.